The summed E-state index contributed by atoms with van der Waals surface area (Å²) in [7, 11) is 0. The molecule has 1 unspecified atom stereocenters. The van der Waals surface area contributed by atoms with Crippen molar-refractivity contribution in [2.75, 3.05) is 13.1 Å². The van der Waals surface area contributed by atoms with E-state index in [1.54, 1.807) is 0 Å². The molecular formula is C14H25N3O4. The summed E-state index contributed by atoms with van der Waals surface area (Å²) in [5.41, 5.74) is 0. The molecule has 1 aliphatic rings. The van der Waals surface area contributed by atoms with E-state index in [1.807, 2.05) is 6.92 Å². The smallest absolute Gasteiger partial charge is 0.314 e. The van der Waals surface area contributed by atoms with Crippen LogP contribution in [0, 0.1) is 5.92 Å². The van der Waals surface area contributed by atoms with Crippen LogP contribution in [0.2, 0.25) is 0 Å². The van der Waals surface area contributed by atoms with E-state index in [-0.39, 0.29) is 24.3 Å². The van der Waals surface area contributed by atoms with E-state index < -0.39 is 5.97 Å². The average Bonchev–Trinajstić information content (AvgIpc) is 3.23. The summed E-state index contributed by atoms with van der Waals surface area (Å²) in [5.74, 6) is -0.879. The molecule has 0 aromatic carbocycles. The maximum atomic E-state index is 11.5. The van der Waals surface area contributed by atoms with Gasteiger partial charge in [0.15, 0.2) is 0 Å². The van der Waals surface area contributed by atoms with Crippen LogP contribution in [0.5, 0.6) is 0 Å². The largest absolute Gasteiger partial charge is 0.481 e. The number of carbonyl (C=O) groups excluding carboxylic acids is 2. The molecule has 4 N–H and O–H groups in total. The van der Waals surface area contributed by atoms with Crippen molar-refractivity contribution in [1.82, 2.24) is 16.0 Å². The fourth-order valence-electron chi connectivity index (χ4n) is 1.89. The summed E-state index contributed by atoms with van der Waals surface area (Å²) in [6, 6.07) is 0.0513. The molecule has 0 bridgehead atoms. The summed E-state index contributed by atoms with van der Waals surface area (Å²) in [5, 5.41) is 16.9. The Labute approximate surface area is 124 Å². The van der Waals surface area contributed by atoms with Gasteiger partial charge in [-0.15, -0.1) is 0 Å². The third-order valence-electron chi connectivity index (χ3n) is 3.40. The van der Waals surface area contributed by atoms with Gasteiger partial charge in [0.05, 0.1) is 0 Å². The molecule has 1 rings (SSSR count). The minimum Gasteiger partial charge on any atom is -0.481 e. The Balaban J connectivity index is 2.01. The molecule has 21 heavy (non-hydrogen) atoms. The molecule has 0 radical (unpaired) electrons. The molecule has 7 heteroatoms. The summed E-state index contributed by atoms with van der Waals surface area (Å²) in [6.07, 6.45) is 3.90. The van der Waals surface area contributed by atoms with Gasteiger partial charge in [0, 0.05) is 32.0 Å². The Morgan fingerprint density at radius 3 is 2.52 bits per heavy atom. The van der Waals surface area contributed by atoms with Gasteiger partial charge in [0.1, 0.15) is 0 Å². The second-order valence-corrected chi connectivity index (χ2v) is 5.45. The lowest BCUT2D eigenvalue weighted by atomic mass is 10.0. The van der Waals surface area contributed by atoms with Gasteiger partial charge < -0.3 is 21.1 Å². The number of carboxylic acid groups (broad SMARTS) is 1. The zero-order valence-electron chi connectivity index (χ0n) is 12.5. The van der Waals surface area contributed by atoms with Gasteiger partial charge in [0.2, 0.25) is 5.91 Å². The number of hydrogen-bond acceptors (Lipinski definition) is 3. The number of carboxylic acids is 1. The van der Waals surface area contributed by atoms with E-state index in [2.05, 4.69) is 16.0 Å². The molecule has 0 heterocycles. The predicted octanol–water partition coefficient (Wildman–Crippen LogP) is 0.845. The molecule has 0 saturated heterocycles. The van der Waals surface area contributed by atoms with Crippen LogP contribution in [0.4, 0.5) is 4.79 Å². The van der Waals surface area contributed by atoms with Crippen LogP contribution < -0.4 is 16.0 Å². The van der Waals surface area contributed by atoms with Crippen molar-refractivity contribution in [3.8, 4) is 0 Å². The molecule has 1 saturated carbocycles. The Morgan fingerprint density at radius 2 is 1.95 bits per heavy atom. The lowest BCUT2D eigenvalue weighted by molar-refractivity contribution is -0.138. The summed E-state index contributed by atoms with van der Waals surface area (Å²) in [6.45, 7) is 2.67. The summed E-state index contributed by atoms with van der Waals surface area (Å²) in [4.78, 5) is 33.5. The molecule has 3 amide bonds. The van der Waals surface area contributed by atoms with Crippen LogP contribution in [0.25, 0.3) is 0 Å². The molecule has 7 nitrogen and oxygen atoms in total. The maximum absolute atomic E-state index is 11.5. The van der Waals surface area contributed by atoms with E-state index in [4.69, 9.17) is 5.11 Å². The van der Waals surface area contributed by atoms with Gasteiger partial charge in [-0.1, -0.05) is 13.3 Å². The van der Waals surface area contributed by atoms with Crippen molar-refractivity contribution in [3.63, 3.8) is 0 Å². The Morgan fingerprint density at radius 1 is 1.24 bits per heavy atom. The van der Waals surface area contributed by atoms with Crippen LogP contribution in [0.3, 0.4) is 0 Å². The number of hydrogen-bond donors (Lipinski definition) is 4. The monoisotopic (exact) mass is 299 g/mol. The number of rotatable bonds is 10. The highest BCUT2D eigenvalue weighted by molar-refractivity contribution is 5.77. The Hall–Kier alpha value is -1.79. The van der Waals surface area contributed by atoms with E-state index in [0.29, 0.717) is 38.4 Å². The highest BCUT2D eigenvalue weighted by Crippen LogP contribution is 2.18. The van der Waals surface area contributed by atoms with Crippen LogP contribution in [-0.2, 0) is 9.59 Å². The molecule has 1 atom stereocenters. The highest BCUT2D eigenvalue weighted by atomic mass is 16.4. The van der Waals surface area contributed by atoms with Gasteiger partial charge in [-0.3, -0.25) is 9.59 Å². The average molecular weight is 299 g/mol. The van der Waals surface area contributed by atoms with Crippen molar-refractivity contribution in [1.29, 1.82) is 0 Å². The Bertz CT molecular complexity index is 369. The van der Waals surface area contributed by atoms with Gasteiger partial charge in [-0.25, -0.2) is 4.79 Å². The molecule has 0 aromatic rings. The zero-order valence-corrected chi connectivity index (χ0v) is 12.5. The van der Waals surface area contributed by atoms with E-state index in [0.717, 1.165) is 12.8 Å². The zero-order chi connectivity index (χ0) is 15.7. The van der Waals surface area contributed by atoms with E-state index in [9.17, 15) is 14.4 Å². The van der Waals surface area contributed by atoms with Crippen molar-refractivity contribution < 1.29 is 19.5 Å². The van der Waals surface area contributed by atoms with Gasteiger partial charge in [-0.2, -0.15) is 0 Å². The quantitative estimate of drug-likeness (QED) is 0.448. The first-order valence-corrected chi connectivity index (χ1v) is 7.54. The van der Waals surface area contributed by atoms with E-state index >= 15 is 0 Å². The summed E-state index contributed by atoms with van der Waals surface area (Å²) >= 11 is 0. The molecule has 1 fully saturated rings. The molecule has 0 spiro atoms. The molecule has 0 aromatic heterocycles. The number of nitrogens with one attached hydrogen (secondary N) is 3. The standard InChI is InChI=1S/C14H25N3O4/c1-2-10(8-13(19)20)9-16-14(21)15-7-3-4-12(18)17-11-5-6-11/h10-11H,2-9H2,1H3,(H,17,18)(H,19,20)(H2,15,16,21). The normalized spacial score (nSPS) is 15.1. The molecule has 1 aliphatic carbocycles. The second-order valence-electron chi connectivity index (χ2n) is 5.45. The van der Waals surface area contributed by atoms with Crippen molar-refractivity contribution in [2.24, 2.45) is 5.92 Å². The van der Waals surface area contributed by atoms with E-state index in [1.165, 1.54) is 0 Å². The summed E-state index contributed by atoms with van der Waals surface area (Å²) < 4.78 is 0. The topological polar surface area (TPSA) is 108 Å². The predicted molar refractivity (Wildman–Crippen MR) is 77.8 cm³/mol. The van der Waals surface area contributed by atoms with Crippen LogP contribution in [0.15, 0.2) is 0 Å². The highest BCUT2D eigenvalue weighted by Gasteiger charge is 2.22. The number of aliphatic carboxylic acids is 1. The lowest BCUT2D eigenvalue weighted by Crippen LogP contribution is -2.39. The first-order chi connectivity index (χ1) is 10.0. The number of urea groups is 1. The fraction of sp³-hybridized carbons (Fsp3) is 0.786. The third-order valence-corrected chi connectivity index (χ3v) is 3.40. The van der Waals surface area contributed by atoms with Crippen molar-refractivity contribution >= 4 is 17.9 Å². The maximum Gasteiger partial charge on any atom is 0.314 e. The number of carbonyl (C=O) groups is 3. The van der Waals surface area contributed by atoms with Gasteiger partial charge >= 0.3 is 12.0 Å². The minimum absolute atomic E-state index is 0.0345. The number of amides is 3. The van der Waals surface area contributed by atoms with Crippen LogP contribution in [-0.4, -0.2) is 42.1 Å². The lowest BCUT2D eigenvalue weighted by Gasteiger charge is -2.14. The molecular weight excluding hydrogens is 274 g/mol. The molecule has 0 aliphatic heterocycles. The van der Waals surface area contributed by atoms with Gasteiger partial charge in [-0.05, 0) is 25.2 Å². The third kappa shape index (κ3) is 8.88. The van der Waals surface area contributed by atoms with Crippen LogP contribution >= 0.6 is 0 Å². The molecule has 120 valence electrons. The SMILES string of the molecule is CCC(CNC(=O)NCCCC(=O)NC1CC1)CC(=O)O. The van der Waals surface area contributed by atoms with Crippen molar-refractivity contribution in [2.45, 2.75) is 51.5 Å². The fourth-order valence-corrected chi connectivity index (χ4v) is 1.89. The Kier molecular flexibility index (Phi) is 7.56. The van der Waals surface area contributed by atoms with Gasteiger partial charge in [0.25, 0.3) is 0 Å². The van der Waals surface area contributed by atoms with Crippen LogP contribution in [0.1, 0.15) is 45.4 Å². The van der Waals surface area contributed by atoms with Crippen molar-refractivity contribution in [3.05, 3.63) is 0 Å². The minimum atomic E-state index is -0.856. The first-order valence-electron chi connectivity index (χ1n) is 7.54. The second kappa shape index (κ2) is 9.20. The first kappa shape index (κ1) is 17.3.